The van der Waals surface area contributed by atoms with Gasteiger partial charge < -0.3 is 9.83 Å². The normalized spacial score (nSPS) is 9.50. The third kappa shape index (κ3) is 1.71. The summed E-state index contributed by atoms with van der Waals surface area (Å²) in [6, 6.07) is 4.56. The molecule has 64 valence electrons. The molecule has 0 aliphatic heterocycles. The van der Waals surface area contributed by atoms with Crippen LogP contribution in [0.15, 0.2) is 18.2 Å². The molecule has 0 aromatic heterocycles. The van der Waals surface area contributed by atoms with Crippen LogP contribution in [0.5, 0.6) is 5.75 Å². The Morgan fingerprint density at radius 3 is 2.75 bits per heavy atom. The topological polar surface area (TPSA) is 49.3 Å². The van der Waals surface area contributed by atoms with Gasteiger partial charge >= 0.3 is 0 Å². The maximum Gasteiger partial charge on any atom is 0.159 e. The van der Waals surface area contributed by atoms with Crippen LogP contribution in [0.3, 0.4) is 0 Å². The third-order valence-electron chi connectivity index (χ3n) is 1.52. The van der Waals surface area contributed by atoms with Gasteiger partial charge in [0.2, 0.25) is 0 Å². The lowest BCUT2D eigenvalue weighted by atomic mass is 10.1. The molecular weight excluding hydrogens is 174 g/mol. The van der Waals surface area contributed by atoms with Crippen molar-refractivity contribution in [1.82, 2.24) is 0 Å². The molecule has 0 aliphatic rings. The van der Waals surface area contributed by atoms with Crippen molar-refractivity contribution in [2.45, 2.75) is 6.92 Å². The molecule has 1 rings (SSSR count). The zero-order chi connectivity index (χ0) is 9.14. The fraction of sp³-hybridized carbons (Fsp3) is 0.125. The summed E-state index contributed by atoms with van der Waals surface area (Å²) in [5.74, 6) is 0.0369. The second-order valence-electron chi connectivity index (χ2n) is 2.40. The van der Waals surface area contributed by atoms with Crippen LogP contribution < -0.4 is 4.72 Å². The summed E-state index contributed by atoms with van der Waals surface area (Å²) in [4.78, 5) is 10.9. The Morgan fingerprint density at radius 2 is 2.25 bits per heavy atom. The highest BCUT2D eigenvalue weighted by atomic mass is 32.1. The van der Waals surface area contributed by atoms with E-state index in [9.17, 15) is 9.90 Å². The molecule has 0 atom stereocenters. The lowest BCUT2D eigenvalue weighted by Gasteiger charge is -2.03. The first kappa shape index (κ1) is 8.93. The molecule has 0 radical (unpaired) electrons. The molecule has 0 amide bonds. The summed E-state index contributed by atoms with van der Waals surface area (Å²) in [6.45, 7) is 1.47. The maximum absolute atomic E-state index is 10.9. The lowest BCUT2D eigenvalue weighted by Crippen LogP contribution is -1.92. The van der Waals surface area contributed by atoms with E-state index in [2.05, 4.69) is 17.5 Å². The minimum atomic E-state index is -0.0418. The molecule has 4 heteroatoms. The number of nitrogens with one attached hydrogen (secondary N) is 1. The Balaban J connectivity index is 3.13. The average Bonchev–Trinajstić information content (AvgIpc) is 2.05. The van der Waals surface area contributed by atoms with E-state index in [0.29, 0.717) is 11.3 Å². The summed E-state index contributed by atoms with van der Waals surface area (Å²) >= 11 is 3.77. The first-order valence-electron chi connectivity index (χ1n) is 3.39. The Hall–Kier alpha value is -1.16. The van der Waals surface area contributed by atoms with Gasteiger partial charge in [0.15, 0.2) is 5.78 Å². The van der Waals surface area contributed by atoms with Crippen molar-refractivity contribution >= 4 is 24.3 Å². The van der Waals surface area contributed by atoms with Gasteiger partial charge in [-0.25, -0.2) is 0 Å². The number of phenolic OH excluding ortho intramolecular Hbond substituents is 1. The molecule has 12 heavy (non-hydrogen) atoms. The van der Waals surface area contributed by atoms with Gasteiger partial charge in [0.05, 0.1) is 5.69 Å². The standard InChI is InChI=1S/C8H9NO2S/c1-5(10)6-2-3-8(11)7(4-6)9-12/h2-4,9,11-12H,1H3. The van der Waals surface area contributed by atoms with E-state index in [4.69, 9.17) is 0 Å². The zero-order valence-electron chi connectivity index (χ0n) is 6.53. The highest BCUT2D eigenvalue weighted by molar-refractivity contribution is 7.81. The molecular formula is C8H9NO2S. The Morgan fingerprint density at radius 1 is 1.58 bits per heavy atom. The van der Waals surface area contributed by atoms with Crippen LogP contribution in [0.1, 0.15) is 17.3 Å². The van der Waals surface area contributed by atoms with E-state index >= 15 is 0 Å². The smallest absolute Gasteiger partial charge is 0.159 e. The maximum atomic E-state index is 10.9. The molecule has 1 aromatic rings. The number of ketones is 1. The minimum Gasteiger partial charge on any atom is -0.506 e. The third-order valence-corrected chi connectivity index (χ3v) is 1.76. The number of aromatic hydroxyl groups is 1. The molecule has 0 saturated carbocycles. The predicted molar refractivity (Wildman–Crippen MR) is 50.7 cm³/mol. The van der Waals surface area contributed by atoms with Crippen molar-refractivity contribution in [2.24, 2.45) is 0 Å². The van der Waals surface area contributed by atoms with Crippen molar-refractivity contribution in [3.05, 3.63) is 23.8 Å². The number of hydrogen-bond acceptors (Lipinski definition) is 4. The molecule has 2 N–H and O–H groups in total. The molecule has 0 fully saturated rings. The first-order chi connectivity index (χ1) is 5.65. The number of phenols is 1. The van der Waals surface area contributed by atoms with E-state index in [1.165, 1.54) is 13.0 Å². The monoisotopic (exact) mass is 183 g/mol. The highest BCUT2D eigenvalue weighted by Gasteiger charge is 2.03. The van der Waals surface area contributed by atoms with Crippen molar-refractivity contribution in [3.8, 4) is 5.75 Å². The van der Waals surface area contributed by atoms with Crippen LogP contribution in [0.25, 0.3) is 0 Å². The zero-order valence-corrected chi connectivity index (χ0v) is 7.43. The minimum absolute atomic E-state index is 0.0418. The van der Waals surface area contributed by atoms with E-state index < -0.39 is 0 Å². The van der Waals surface area contributed by atoms with E-state index in [1.807, 2.05) is 0 Å². The number of carbonyl (C=O) groups is 1. The van der Waals surface area contributed by atoms with Crippen molar-refractivity contribution in [2.75, 3.05) is 4.72 Å². The predicted octanol–water partition coefficient (Wildman–Crippen LogP) is 1.85. The van der Waals surface area contributed by atoms with Crippen molar-refractivity contribution < 1.29 is 9.90 Å². The van der Waals surface area contributed by atoms with Gasteiger partial charge in [0.1, 0.15) is 5.75 Å². The summed E-state index contributed by atoms with van der Waals surface area (Å²) in [6.07, 6.45) is 0. The lowest BCUT2D eigenvalue weighted by molar-refractivity contribution is 0.101. The van der Waals surface area contributed by atoms with Gasteiger partial charge in [-0.3, -0.25) is 4.79 Å². The summed E-state index contributed by atoms with van der Waals surface area (Å²) in [7, 11) is 0. The number of rotatable bonds is 2. The summed E-state index contributed by atoms with van der Waals surface area (Å²) in [5.41, 5.74) is 0.982. The molecule has 3 nitrogen and oxygen atoms in total. The molecule has 0 aliphatic carbocycles. The second kappa shape index (κ2) is 3.49. The highest BCUT2D eigenvalue weighted by Crippen LogP contribution is 2.24. The van der Waals surface area contributed by atoms with Crippen LogP contribution in [-0.4, -0.2) is 10.9 Å². The molecule has 0 heterocycles. The number of Topliss-reactive ketones (excluding diaryl/α,β-unsaturated/α-hetero) is 1. The Labute approximate surface area is 76.0 Å². The molecule has 0 unspecified atom stereocenters. The molecule has 0 saturated heterocycles. The van der Waals surface area contributed by atoms with Gasteiger partial charge in [0, 0.05) is 5.56 Å². The fourth-order valence-corrected chi connectivity index (χ4v) is 1.02. The van der Waals surface area contributed by atoms with Gasteiger partial charge in [-0.2, -0.15) is 0 Å². The molecule has 0 spiro atoms. The Bertz CT molecular complexity index is 312. The molecule has 0 bridgehead atoms. The van der Waals surface area contributed by atoms with E-state index in [0.717, 1.165) is 0 Å². The number of anilines is 1. The van der Waals surface area contributed by atoms with Crippen LogP contribution in [0, 0.1) is 0 Å². The van der Waals surface area contributed by atoms with Gasteiger partial charge in [-0.05, 0) is 25.1 Å². The number of benzene rings is 1. The van der Waals surface area contributed by atoms with E-state index in [1.54, 1.807) is 12.1 Å². The fourth-order valence-electron chi connectivity index (χ4n) is 0.845. The van der Waals surface area contributed by atoms with Crippen LogP contribution in [-0.2, 0) is 0 Å². The molecule has 1 aromatic carbocycles. The number of thiol groups is 1. The van der Waals surface area contributed by atoms with Gasteiger partial charge in [-0.15, -0.1) is 0 Å². The number of carbonyl (C=O) groups excluding carboxylic acids is 1. The first-order valence-corrected chi connectivity index (χ1v) is 3.84. The summed E-state index contributed by atoms with van der Waals surface area (Å²) in [5, 5.41) is 9.19. The van der Waals surface area contributed by atoms with Crippen LogP contribution in [0.2, 0.25) is 0 Å². The van der Waals surface area contributed by atoms with Gasteiger partial charge in [0.25, 0.3) is 0 Å². The Kier molecular flexibility index (Phi) is 2.60. The van der Waals surface area contributed by atoms with E-state index in [-0.39, 0.29) is 11.5 Å². The number of hydrogen-bond donors (Lipinski definition) is 3. The second-order valence-corrected chi connectivity index (χ2v) is 2.62. The SMILES string of the molecule is CC(=O)c1ccc(O)c(NS)c1. The average molecular weight is 183 g/mol. The largest absolute Gasteiger partial charge is 0.506 e. The van der Waals surface area contributed by atoms with Crippen molar-refractivity contribution in [1.29, 1.82) is 0 Å². The van der Waals surface area contributed by atoms with Gasteiger partial charge in [-0.1, -0.05) is 12.8 Å². The quantitative estimate of drug-likeness (QED) is 0.372. The van der Waals surface area contributed by atoms with Crippen LogP contribution in [0.4, 0.5) is 5.69 Å². The summed E-state index contributed by atoms with van der Waals surface area (Å²) < 4.78 is 2.48. The van der Waals surface area contributed by atoms with Crippen molar-refractivity contribution in [3.63, 3.8) is 0 Å². The van der Waals surface area contributed by atoms with Crippen LogP contribution >= 0.6 is 12.8 Å².